The maximum atomic E-state index is 13.5. The van der Waals surface area contributed by atoms with Gasteiger partial charge in [-0.25, -0.2) is 0 Å². The largest absolute Gasteiger partial charge is 0.337 e. The van der Waals surface area contributed by atoms with E-state index < -0.39 is 0 Å². The minimum absolute atomic E-state index is 0.000413. The molecule has 3 fully saturated rings. The number of carbonyl (C=O) groups is 2. The Bertz CT molecular complexity index is 949. The molecule has 1 unspecified atom stereocenters. The minimum atomic E-state index is -0.196. The van der Waals surface area contributed by atoms with E-state index in [2.05, 4.69) is 34.3 Å². The summed E-state index contributed by atoms with van der Waals surface area (Å²) in [7, 11) is 1.86. The summed E-state index contributed by atoms with van der Waals surface area (Å²) in [6.07, 6.45) is 7.24. The van der Waals surface area contributed by atoms with Gasteiger partial charge in [0.05, 0.1) is 11.5 Å². The molecule has 1 aromatic carbocycles. The topological polar surface area (TPSA) is 58.4 Å². The number of nitrogens with zero attached hydrogens (tertiary/aromatic N) is 4. The molecule has 0 bridgehead atoms. The zero-order valence-corrected chi connectivity index (χ0v) is 18.6. The van der Waals surface area contributed by atoms with Gasteiger partial charge in [-0.2, -0.15) is 5.10 Å². The molecule has 164 valence electrons. The van der Waals surface area contributed by atoms with Crippen LogP contribution >= 0.6 is 0 Å². The van der Waals surface area contributed by atoms with E-state index in [1.54, 1.807) is 4.68 Å². The number of aryl methyl sites for hydroxylation is 2. The molecule has 6 nitrogen and oxygen atoms in total. The number of aromatic nitrogens is 2. The Kier molecular flexibility index (Phi) is 5.11. The van der Waals surface area contributed by atoms with Crippen molar-refractivity contribution in [2.24, 2.45) is 12.5 Å². The van der Waals surface area contributed by atoms with Gasteiger partial charge in [0.2, 0.25) is 5.91 Å². The molecular formula is C25H32N4O2. The van der Waals surface area contributed by atoms with Crippen molar-refractivity contribution < 1.29 is 9.59 Å². The van der Waals surface area contributed by atoms with Gasteiger partial charge in [-0.1, -0.05) is 49.6 Å². The van der Waals surface area contributed by atoms with Gasteiger partial charge < -0.3 is 9.80 Å². The average molecular weight is 421 g/mol. The SMILES string of the molecule is Cc1cc(C(=O)N2CCC(N3C(=O)C4(CCCCC4)C3c3ccccc3)CC2)nn1C. The van der Waals surface area contributed by atoms with Crippen molar-refractivity contribution in [1.82, 2.24) is 19.6 Å². The van der Waals surface area contributed by atoms with Crippen molar-refractivity contribution in [1.29, 1.82) is 0 Å². The first-order chi connectivity index (χ1) is 15.0. The second-order valence-electron chi connectivity index (χ2n) is 9.56. The lowest BCUT2D eigenvalue weighted by Crippen LogP contribution is -2.67. The predicted octanol–water partition coefficient (Wildman–Crippen LogP) is 3.87. The van der Waals surface area contributed by atoms with Crippen molar-refractivity contribution in [2.45, 2.75) is 64.0 Å². The fourth-order valence-corrected chi connectivity index (χ4v) is 6.03. The molecule has 0 N–H and O–H groups in total. The van der Waals surface area contributed by atoms with Crippen LogP contribution in [-0.2, 0) is 11.8 Å². The van der Waals surface area contributed by atoms with Crippen LogP contribution in [0.3, 0.4) is 0 Å². The Morgan fingerprint density at radius 3 is 2.35 bits per heavy atom. The van der Waals surface area contributed by atoms with Gasteiger partial charge in [0, 0.05) is 31.9 Å². The van der Waals surface area contributed by atoms with Crippen LogP contribution in [0.4, 0.5) is 0 Å². The second-order valence-corrected chi connectivity index (χ2v) is 9.56. The van der Waals surface area contributed by atoms with Crippen LogP contribution in [0.15, 0.2) is 36.4 Å². The van der Waals surface area contributed by atoms with Crippen molar-refractivity contribution in [3.05, 3.63) is 53.3 Å². The number of piperidine rings is 1. The molecule has 1 spiro atoms. The first-order valence-corrected chi connectivity index (χ1v) is 11.7. The average Bonchev–Trinajstić information content (AvgIpc) is 3.16. The fourth-order valence-electron chi connectivity index (χ4n) is 6.03. The van der Waals surface area contributed by atoms with Gasteiger partial charge in [0.1, 0.15) is 0 Å². The number of hydrogen-bond acceptors (Lipinski definition) is 3. The normalized spacial score (nSPS) is 23.8. The number of amides is 2. The van der Waals surface area contributed by atoms with Gasteiger partial charge in [0.25, 0.3) is 5.91 Å². The highest BCUT2D eigenvalue weighted by Crippen LogP contribution is 2.59. The fraction of sp³-hybridized carbons (Fsp3) is 0.560. The van der Waals surface area contributed by atoms with E-state index in [0.29, 0.717) is 24.7 Å². The van der Waals surface area contributed by atoms with Gasteiger partial charge in [-0.05, 0) is 44.2 Å². The first-order valence-electron chi connectivity index (χ1n) is 11.7. The van der Waals surface area contributed by atoms with Gasteiger partial charge >= 0.3 is 0 Å². The number of benzene rings is 1. The molecule has 3 aliphatic rings. The van der Waals surface area contributed by atoms with E-state index in [1.807, 2.05) is 31.0 Å². The van der Waals surface area contributed by atoms with Crippen LogP contribution in [0.2, 0.25) is 0 Å². The lowest BCUT2D eigenvalue weighted by Gasteiger charge is -2.61. The summed E-state index contributed by atoms with van der Waals surface area (Å²) in [4.78, 5) is 30.5. The maximum Gasteiger partial charge on any atom is 0.274 e. The standard InChI is InChI=1S/C25H32N4O2/c1-18-17-21(26-27(18)2)23(30)28-15-11-20(12-16-28)29-22(19-9-5-3-6-10-19)25(24(29)31)13-7-4-8-14-25/h3,5-6,9-10,17,20,22H,4,7-8,11-16H2,1-2H3. The van der Waals surface area contributed by atoms with Crippen molar-refractivity contribution >= 4 is 11.8 Å². The number of β-lactam (4-membered cyclic amide) rings is 1. The summed E-state index contributed by atoms with van der Waals surface area (Å²) in [5.74, 6) is 0.353. The number of carbonyl (C=O) groups excluding carboxylic acids is 2. The van der Waals surface area contributed by atoms with Crippen LogP contribution in [0, 0.1) is 12.3 Å². The summed E-state index contributed by atoms with van der Waals surface area (Å²) in [6.45, 7) is 3.31. The molecule has 0 radical (unpaired) electrons. The molecule has 1 saturated carbocycles. The summed E-state index contributed by atoms with van der Waals surface area (Å²) in [5, 5.41) is 4.35. The van der Waals surface area contributed by atoms with Crippen molar-refractivity contribution in [3.8, 4) is 0 Å². The Hall–Kier alpha value is -2.63. The molecule has 1 aliphatic carbocycles. The molecular weight excluding hydrogens is 388 g/mol. The molecule has 2 aromatic rings. The second kappa shape index (κ2) is 7.81. The van der Waals surface area contributed by atoms with Crippen molar-refractivity contribution in [2.75, 3.05) is 13.1 Å². The number of rotatable bonds is 3. The molecule has 31 heavy (non-hydrogen) atoms. The van der Waals surface area contributed by atoms with Gasteiger partial charge in [-0.3, -0.25) is 14.3 Å². The Balaban J connectivity index is 1.32. The minimum Gasteiger partial charge on any atom is -0.337 e. The quantitative estimate of drug-likeness (QED) is 0.709. The highest BCUT2D eigenvalue weighted by molar-refractivity contribution is 5.93. The Labute approximate surface area is 184 Å². The third-order valence-electron chi connectivity index (χ3n) is 7.80. The lowest BCUT2D eigenvalue weighted by molar-refractivity contribution is -0.186. The monoisotopic (exact) mass is 420 g/mol. The predicted molar refractivity (Wildman–Crippen MR) is 118 cm³/mol. The van der Waals surface area contributed by atoms with Gasteiger partial charge in [-0.15, -0.1) is 0 Å². The molecule has 2 saturated heterocycles. The highest BCUT2D eigenvalue weighted by atomic mass is 16.2. The summed E-state index contributed by atoms with van der Waals surface area (Å²) in [5.41, 5.74) is 2.57. The molecule has 5 rings (SSSR count). The van der Waals surface area contributed by atoms with E-state index in [4.69, 9.17) is 0 Å². The number of likely N-dealkylation sites (tertiary alicyclic amines) is 2. The zero-order chi connectivity index (χ0) is 21.6. The molecule has 2 aliphatic heterocycles. The van der Waals surface area contributed by atoms with Crippen molar-refractivity contribution in [3.63, 3.8) is 0 Å². The van der Waals surface area contributed by atoms with E-state index in [1.165, 1.54) is 12.0 Å². The summed E-state index contributed by atoms with van der Waals surface area (Å²) >= 11 is 0. The van der Waals surface area contributed by atoms with E-state index in [-0.39, 0.29) is 23.4 Å². The summed E-state index contributed by atoms with van der Waals surface area (Å²) in [6, 6.07) is 12.8. The summed E-state index contributed by atoms with van der Waals surface area (Å²) < 4.78 is 1.74. The van der Waals surface area contributed by atoms with E-state index in [9.17, 15) is 9.59 Å². The highest BCUT2D eigenvalue weighted by Gasteiger charge is 2.62. The molecule has 3 heterocycles. The third kappa shape index (κ3) is 3.27. The van der Waals surface area contributed by atoms with Crippen LogP contribution in [0.1, 0.15) is 72.7 Å². The first kappa shape index (κ1) is 20.3. The maximum absolute atomic E-state index is 13.5. The Morgan fingerprint density at radius 2 is 1.74 bits per heavy atom. The van der Waals surface area contributed by atoms with Crippen LogP contribution in [-0.4, -0.2) is 50.5 Å². The lowest BCUT2D eigenvalue weighted by atomic mass is 9.59. The smallest absolute Gasteiger partial charge is 0.274 e. The van der Waals surface area contributed by atoms with Crippen LogP contribution < -0.4 is 0 Å². The molecule has 1 atom stereocenters. The van der Waals surface area contributed by atoms with E-state index >= 15 is 0 Å². The zero-order valence-electron chi connectivity index (χ0n) is 18.6. The molecule has 6 heteroatoms. The van der Waals surface area contributed by atoms with Gasteiger partial charge in [0.15, 0.2) is 5.69 Å². The molecule has 1 aromatic heterocycles. The third-order valence-corrected chi connectivity index (χ3v) is 7.80. The Morgan fingerprint density at radius 1 is 1.06 bits per heavy atom. The van der Waals surface area contributed by atoms with Crippen LogP contribution in [0.25, 0.3) is 0 Å². The van der Waals surface area contributed by atoms with E-state index in [0.717, 1.165) is 44.2 Å². The van der Waals surface area contributed by atoms with Crippen LogP contribution in [0.5, 0.6) is 0 Å². The number of hydrogen-bond donors (Lipinski definition) is 0. The molecule has 2 amide bonds.